The summed E-state index contributed by atoms with van der Waals surface area (Å²) >= 11 is 0. The van der Waals surface area contributed by atoms with E-state index < -0.39 is 11.6 Å². The largest absolute Gasteiger partial charge is 0.342 e. The van der Waals surface area contributed by atoms with Crippen LogP contribution >= 0.6 is 0 Å². The van der Waals surface area contributed by atoms with Crippen molar-refractivity contribution in [3.8, 4) is 0 Å². The molecule has 2 unspecified atom stereocenters. The molecule has 1 aromatic rings. The van der Waals surface area contributed by atoms with Gasteiger partial charge in [-0.1, -0.05) is 43.7 Å². The Kier molecular flexibility index (Phi) is 4.35. The molecule has 1 fully saturated rings. The molecule has 1 N–H and O–H groups in total. The molecule has 2 rings (SSSR count). The molecule has 0 radical (unpaired) electrons. The Balaban J connectivity index is 2.35. The number of benzene rings is 1. The van der Waals surface area contributed by atoms with Gasteiger partial charge >= 0.3 is 0 Å². The van der Waals surface area contributed by atoms with Crippen molar-refractivity contribution in [2.75, 3.05) is 0 Å². The number of hydrogen-bond donors (Lipinski definition) is 1. The fraction of sp³-hybridized carbons (Fsp3) is 0.529. The van der Waals surface area contributed by atoms with Gasteiger partial charge in [-0.05, 0) is 32.3 Å². The van der Waals surface area contributed by atoms with Crippen LogP contribution in [0.3, 0.4) is 0 Å². The number of carbonyl (C=O) groups excluding carboxylic acids is 2. The molecule has 4 nitrogen and oxygen atoms in total. The van der Waals surface area contributed by atoms with Crippen molar-refractivity contribution in [2.24, 2.45) is 0 Å². The lowest BCUT2D eigenvalue weighted by Gasteiger charge is -2.46. The summed E-state index contributed by atoms with van der Waals surface area (Å²) in [6.45, 7) is 8.23. The van der Waals surface area contributed by atoms with Crippen molar-refractivity contribution in [3.05, 3.63) is 35.4 Å². The Labute approximate surface area is 126 Å². The van der Waals surface area contributed by atoms with E-state index in [0.29, 0.717) is 19.4 Å². The summed E-state index contributed by atoms with van der Waals surface area (Å²) in [6.07, 6.45) is 1.22. The minimum atomic E-state index is -0.771. The van der Waals surface area contributed by atoms with Gasteiger partial charge in [-0.2, -0.15) is 0 Å². The van der Waals surface area contributed by atoms with Gasteiger partial charge in [0.05, 0.1) is 0 Å². The van der Waals surface area contributed by atoms with Crippen molar-refractivity contribution in [1.82, 2.24) is 10.2 Å². The Morgan fingerprint density at radius 1 is 1.29 bits per heavy atom. The molecule has 1 heterocycles. The van der Waals surface area contributed by atoms with Gasteiger partial charge < -0.3 is 10.2 Å². The van der Waals surface area contributed by atoms with E-state index in [1.54, 1.807) is 4.90 Å². The van der Waals surface area contributed by atoms with E-state index in [4.69, 9.17) is 0 Å². The summed E-state index contributed by atoms with van der Waals surface area (Å²) in [4.78, 5) is 26.8. The Hall–Kier alpha value is -1.84. The number of piperazine rings is 1. The number of nitrogens with one attached hydrogen (secondary N) is 1. The molecule has 1 aliphatic heterocycles. The van der Waals surface area contributed by atoms with Gasteiger partial charge in [0.25, 0.3) is 0 Å². The lowest BCUT2D eigenvalue weighted by Crippen LogP contribution is -2.68. The van der Waals surface area contributed by atoms with Crippen LogP contribution in [0.4, 0.5) is 0 Å². The standard InChI is InChI=1S/C17H24N2O2/c1-5-14-15(20)19(17(4,6-2)16(21)18-14)11-13-9-7-8-12(3)10-13/h7-10,14H,5-6,11H2,1-4H3,(H,18,21). The highest BCUT2D eigenvalue weighted by atomic mass is 16.2. The third kappa shape index (κ3) is 2.80. The molecule has 114 valence electrons. The molecule has 1 saturated heterocycles. The SMILES string of the molecule is CCC1NC(=O)C(C)(CC)N(Cc2cccc(C)c2)C1=O. The highest BCUT2D eigenvalue weighted by molar-refractivity contribution is 5.99. The van der Waals surface area contributed by atoms with Gasteiger partial charge in [0, 0.05) is 6.54 Å². The van der Waals surface area contributed by atoms with E-state index in [-0.39, 0.29) is 11.8 Å². The normalized spacial score (nSPS) is 25.9. The van der Waals surface area contributed by atoms with Crippen molar-refractivity contribution in [1.29, 1.82) is 0 Å². The Morgan fingerprint density at radius 2 is 2.00 bits per heavy atom. The first-order valence-corrected chi connectivity index (χ1v) is 7.60. The molecule has 21 heavy (non-hydrogen) atoms. The average molecular weight is 288 g/mol. The van der Waals surface area contributed by atoms with E-state index in [2.05, 4.69) is 11.4 Å². The molecule has 0 aliphatic carbocycles. The molecule has 0 spiro atoms. The van der Waals surface area contributed by atoms with Crippen LogP contribution in [0.1, 0.15) is 44.7 Å². The first-order valence-electron chi connectivity index (χ1n) is 7.60. The maximum absolute atomic E-state index is 12.7. The monoisotopic (exact) mass is 288 g/mol. The fourth-order valence-corrected chi connectivity index (χ4v) is 2.80. The second-order valence-electron chi connectivity index (χ2n) is 5.98. The van der Waals surface area contributed by atoms with Crippen LogP contribution < -0.4 is 5.32 Å². The van der Waals surface area contributed by atoms with E-state index in [9.17, 15) is 9.59 Å². The number of nitrogens with zero attached hydrogens (tertiary/aromatic N) is 1. The van der Waals surface area contributed by atoms with Crippen molar-refractivity contribution in [2.45, 2.75) is 58.7 Å². The van der Waals surface area contributed by atoms with Gasteiger partial charge in [-0.15, -0.1) is 0 Å². The number of carbonyl (C=O) groups is 2. The van der Waals surface area contributed by atoms with Gasteiger partial charge in [0.15, 0.2) is 0 Å². The first kappa shape index (κ1) is 15.5. The molecule has 1 aliphatic rings. The lowest BCUT2D eigenvalue weighted by molar-refractivity contribution is -0.157. The van der Waals surface area contributed by atoms with Crippen LogP contribution in [0.25, 0.3) is 0 Å². The van der Waals surface area contributed by atoms with Crippen molar-refractivity contribution < 1.29 is 9.59 Å². The minimum Gasteiger partial charge on any atom is -0.342 e. The molecular formula is C17H24N2O2. The third-order valence-corrected chi connectivity index (χ3v) is 4.47. The van der Waals surface area contributed by atoms with Crippen LogP contribution in [0.5, 0.6) is 0 Å². The zero-order chi connectivity index (χ0) is 15.6. The Morgan fingerprint density at radius 3 is 2.57 bits per heavy atom. The number of amides is 2. The first-order chi connectivity index (χ1) is 9.92. The second kappa shape index (κ2) is 5.88. The van der Waals surface area contributed by atoms with Crippen molar-refractivity contribution >= 4 is 11.8 Å². The van der Waals surface area contributed by atoms with E-state index in [1.165, 1.54) is 0 Å². The number of hydrogen-bond acceptors (Lipinski definition) is 2. The van der Waals surface area contributed by atoms with Gasteiger partial charge in [-0.25, -0.2) is 0 Å². The molecule has 2 amide bonds. The summed E-state index contributed by atoms with van der Waals surface area (Å²) < 4.78 is 0. The van der Waals surface area contributed by atoms with Crippen LogP contribution in [0, 0.1) is 6.92 Å². The maximum atomic E-state index is 12.7. The van der Waals surface area contributed by atoms with Crippen LogP contribution in [0.2, 0.25) is 0 Å². The van der Waals surface area contributed by atoms with E-state index >= 15 is 0 Å². The molecule has 1 aromatic carbocycles. The predicted molar refractivity (Wildman–Crippen MR) is 82.6 cm³/mol. The summed E-state index contributed by atoms with van der Waals surface area (Å²) in [6, 6.07) is 7.68. The molecule has 2 atom stereocenters. The minimum absolute atomic E-state index is 0.0166. The molecule has 0 bridgehead atoms. The smallest absolute Gasteiger partial charge is 0.246 e. The maximum Gasteiger partial charge on any atom is 0.246 e. The van der Waals surface area contributed by atoms with Crippen molar-refractivity contribution in [3.63, 3.8) is 0 Å². The number of rotatable bonds is 4. The quantitative estimate of drug-likeness (QED) is 0.925. The van der Waals surface area contributed by atoms with Gasteiger partial charge in [0.1, 0.15) is 11.6 Å². The van der Waals surface area contributed by atoms with E-state index in [0.717, 1.165) is 11.1 Å². The second-order valence-corrected chi connectivity index (χ2v) is 5.98. The molecule has 0 saturated carbocycles. The highest BCUT2D eigenvalue weighted by Gasteiger charge is 2.47. The van der Waals surface area contributed by atoms with Gasteiger partial charge in [-0.3, -0.25) is 9.59 Å². The number of aryl methyl sites for hydroxylation is 1. The molecule has 4 heteroatoms. The summed E-state index contributed by atoms with van der Waals surface area (Å²) in [5.41, 5.74) is 1.45. The Bertz CT molecular complexity index is 555. The van der Waals surface area contributed by atoms with Crippen LogP contribution in [-0.4, -0.2) is 28.3 Å². The van der Waals surface area contributed by atoms with Crippen LogP contribution in [-0.2, 0) is 16.1 Å². The summed E-state index contributed by atoms with van der Waals surface area (Å²) in [5, 5.41) is 2.85. The predicted octanol–water partition coefficient (Wildman–Crippen LogP) is 2.40. The average Bonchev–Trinajstić information content (AvgIpc) is 2.47. The van der Waals surface area contributed by atoms with Gasteiger partial charge in [0.2, 0.25) is 11.8 Å². The zero-order valence-electron chi connectivity index (χ0n) is 13.3. The topological polar surface area (TPSA) is 49.4 Å². The summed E-state index contributed by atoms with van der Waals surface area (Å²) in [5.74, 6) is -0.0351. The van der Waals surface area contributed by atoms with E-state index in [1.807, 2.05) is 45.9 Å². The highest BCUT2D eigenvalue weighted by Crippen LogP contribution is 2.28. The summed E-state index contributed by atoms with van der Waals surface area (Å²) in [7, 11) is 0. The lowest BCUT2D eigenvalue weighted by atomic mass is 9.89. The molecule has 0 aromatic heterocycles. The fourth-order valence-electron chi connectivity index (χ4n) is 2.80. The zero-order valence-corrected chi connectivity index (χ0v) is 13.3. The van der Waals surface area contributed by atoms with Crippen LogP contribution in [0.15, 0.2) is 24.3 Å². The third-order valence-electron chi connectivity index (χ3n) is 4.47. The molecular weight excluding hydrogens is 264 g/mol.